The summed E-state index contributed by atoms with van der Waals surface area (Å²) in [6.45, 7) is 4.66. The normalized spacial score (nSPS) is 13.4. The number of aldehydes is 1. The number of methoxy groups -OCH3 is 2. The van der Waals surface area contributed by atoms with Crippen molar-refractivity contribution in [3.05, 3.63) is 45.7 Å². The van der Waals surface area contributed by atoms with Crippen molar-refractivity contribution in [3.63, 3.8) is 0 Å². The van der Waals surface area contributed by atoms with E-state index >= 15 is 0 Å². The average molecular weight is 423 g/mol. The molecule has 2 aliphatic rings. The summed E-state index contributed by atoms with van der Waals surface area (Å²) in [6.07, 6.45) is 2.33. The Kier molecular flexibility index (Phi) is 5.59. The van der Waals surface area contributed by atoms with Gasteiger partial charge in [0.2, 0.25) is 6.79 Å². The minimum Gasteiger partial charge on any atom is -0.493 e. The second-order valence-electron chi connectivity index (χ2n) is 7.03. The molecule has 0 fully saturated rings. The van der Waals surface area contributed by atoms with Crippen LogP contribution in [0.25, 0.3) is 22.0 Å². The van der Waals surface area contributed by atoms with Crippen LogP contribution < -0.4 is 24.5 Å². The molecule has 31 heavy (non-hydrogen) atoms. The van der Waals surface area contributed by atoms with Crippen molar-refractivity contribution in [2.24, 2.45) is 0 Å². The van der Waals surface area contributed by atoms with Crippen molar-refractivity contribution in [1.29, 1.82) is 0 Å². The molecule has 2 aliphatic heterocycles. The van der Waals surface area contributed by atoms with Crippen LogP contribution in [-0.4, -0.2) is 31.9 Å². The van der Waals surface area contributed by atoms with Gasteiger partial charge in [0.15, 0.2) is 29.3 Å². The number of nitrogens with zero attached hydrogens (tertiary/aromatic N) is 1. The van der Waals surface area contributed by atoms with Crippen LogP contribution in [-0.2, 0) is 13.0 Å². The predicted molar refractivity (Wildman–Crippen MR) is 118 cm³/mol. The van der Waals surface area contributed by atoms with Crippen molar-refractivity contribution in [2.45, 2.75) is 33.2 Å². The lowest BCUT2D eigenvalue weighted by Crippen LogP contribution is -2.24. The topological polar surface area (TPSA) is 76.0 Å². The minimum absolute atomic E-state index is 0.167. The SMILES string of the molecule is CC.COc1ccc2c(C=O)c3n(c(=O)c2c1OC)CCCc1cc2c(cc1-3)OCO2. The van der Waals surface area contributed by atoms with Gasteiger partial charge in [-0.15, -0.1) is 0 Å². The zero-order valence-electron chi connectivity index (χ0n) is 18.1. The number of benzene rings is 2. The molecule has 0 N–H and O–H groups in total. The number of ether oxygens (including phenoxy) is 4. The highest BCUT2D eigenvalue weighted by molar-refractivity contribution is 6.06. The van der Waals surface area contributed by atoms with Gasteiger partial charge in [0.1, 0.15) is 0 Å². The predicted octanol–water partition coefficient (Wildman–Crippen LogP) is 4.20. The molecule has 0 atom stereocenters. The molecule has 0 radical (unpaired) electrons. The Morgan fingerprint density at radius 2 is 1.81 bits per heavy atom. The largest absolute Gasteiger partial charge is 0.493 e. The number of rotatable bonds is 3. The number of carbonyl (C=O) groups excluding carboxylic acids is 1. The maximum atomic E-state index is 13.5. The van der Waals surface area contributed by atoms with Crippen molar-refractivity contribution in [3.8, 4) is 34.3 Å². The number of carbonyl (C=O) groups is 1. The summed E-state index contributed by atoms with van der Waals surface area (Å²) in [5.41, 5.74) is 2.70. The molecule has 3 aromatic rings. The van der Waals surface area contributed by atoms with Gasteiger partial charge in [0, 0.05) is 23.1 Å². The van der Waals surface area contributed by atoms with Crippen molar-refractivity contribution in [1.82, 2.24) is 4.57 Å². The molecule has 5 rings (SSSR count). The number of pyridine rings is 1. The van der Waals surface area contributed by atoms with Crippen LogP contribution in [0.15, 0.2) is 29.1 Å². The molecule has 1 aromatic heterocycles. The van der Waals surface area contributed by atoms with Crippen molar-refractivity contribution >= 4 is 17.1 Å². The monoisotopic (exact) mass is 423 g/mol. The van der Waals surface area contributed by atoms with Crippen LogP contribution >= 0.6 is 0 Å². The molecule has 0 aliphatic carbocycles. The molecule has 2 aromatic carbocycles. The van der Waals surface area contributed by atoms with E-state index in [1.165, 1.54) is 14.2 Å². The summed E-state index contributed by atoms with van der Waals surface area (Å²) in [7, 11) is 3.01. The molecule has 162 valence electrons. The number of aromatic nitrogens is 1. The van der Waals surface area contributed by atoms with Gasteiger partial charge in [-0.3, -0.25) is 9.59 Å². The summed E-state index contributed by atoms with van der Waals surface area (Å²) in [5, 5.41) is 0.890. The van der Waals surface area contributed by atoms with E-state index in [0.29, 0.717) is 51.6 Å². The summed E-state index contributed by atoms with van der Waals surface area (Å²) >= 11 is 0. The molecular weight excluding hydrogens is 398 g/mol. The van der Waals surface area contributed by atoms with Crippen LogP contribution in [0.2, 0.25) is 0 Å². The van der Waals surface area contributed by atoms with Gasteiger partial charge < -0.3 is 23.5 Å². The van der Waals surface area contributed by atoms with Crippen molar-refractivity contribution in [2.75, 3.05) is 21.0 Å². The quantitative estimate of drug-likeness (QED) is 0.588. The zero-order chi connectivity index (χ0) is 22.1. The van der Waals surface area contributed by atoms with E-state index in [9.17, 15) is 9.59 Å². The molecule has 0 unspecified atom stereocenters. The van der Waals surface area contributed by atoms with E-state index in [1.54, 1.807) is 16.7 Å². The first kappa shape index (κ1) is 20.8. The van der Waals surface area contributed by atoms with Crippen LogP contribution in [0.4, 0.5) is 0 Å². The van der Waals surface area contributed by atoms with Crippen LogP contribution in [0.5, 0.6) is 23.0 Å². The van der Waals surface area contributed by atoms with E-state index in [1.807, 2.05) is 26.0 Å². The summed E-state index contributed by atoms with van der Waals surface area (Å²) < 4.78 is 23.6. The number of aryl methyl sites for hydroxylation is 1. The summed E-state index contributed by atoms with van der Waals surface area (Å²) in [6, 6.07) is 7.27. The Morgan fingerprint density at radius 3 is 2.48 bits per heavy atom. The fourth-order valence-corrected chi connectivity index (χ4v) is 4.34. The standard InChI is InChI=1S/C22H19NO6.C2H6/c1-26-16-6-5-13-15(10-24)20-14-9-18-17(28-11-29-18)8-12(14)4-3-7-23(20)22(25)19(13)21(16)27-2;1-2/h5-6,8-10H,3-4,7,11H2,1-2H3;1-2H3. The van der Waals surface area contributed by atoms with Gasteiger partial charge in [-0.1, -0.05) is 13.8 Å². The molecule has 0 amide bonds. The van der Waals surface area contributed by atoms with E-state index in [4.69, 9.17) is 18.9 Å². The molecule has 0 spiro atoms. The smallest absolute Gasteiger partial charge is 0.262 e. The number of fused-ring (bicyclic) bond motifs is 5. The summed E-state index contributed by atoms with van der Waals surface area (Å²) in [5.74, 6) is 2.10. The van der Waals surface area contributed by atoms with E-state index < -0.39 is 0 Å². The second kappa shape index (κ2) is 8.34. The first-order valence-electron chi connectivity index (χ1n) is 10.4. The first-order valence-corrected chi connectivity index (χ1v) is 10.4. The van der Waals surface area contributed by atoms with E-state index in [-0.39, 0.29) is 12.4 Å². The lowest BCUT2D eigenvalue weighted by atomic mass is 9.95. The van der Waals surface area contributed by atoms with Gasteiger partial charge in [-0.25, -0.2) is 0 Å². The third-order valence-electron chi connectivity index (χ3n) is 5.62. The molecule has 7 heteroatoms. The van der Waals surface area contributed by atoms with E-state index in [2.05, 4.69) is 0 Å². The maximum Gasteiger partial charge on any atom is 0.262 e. The fraction of sp³-hybridized carbons (Fsp3) is 0.333. The highest BCUT2D eigenvalue weighted by atomic mass is 16.7. The molecular formula is C24H25NO6. The van der Waals surface area contributed by atoms with Crippen LogP contribution in [0.1, 0.15) is 36.2 Å². The first-order chi connectivity index (χ1) is 15.2. The zero-order valence-corrected chi connectivity index (χ0v) is 18.1. The highest BCUT2D eigenvalue weighted by Gasteiger charge is 2.27. The number of hydrogen-bond acceptors (Lipinski definition) is 6. The molecule has 7 nitrogen and oxygen atoms in total. The van der Waals surface area contributed by atoms with Gasteiger partial charge in [-0.2, -0.15) is 0 Å². The Labute approximate surface area is 180 Å². The van der Waals surface area contributed by atoms with Crippen LogP contribution in [0.3, 0.4) is 0 Å². The van der Waals surface area contributed by atoms with Gasteiger partial charge in [0.25, 0.3) is 5.56 Å². The molecule has 0 saturated carbocycles. The Morgan fingerprint density at radius 1 is 1.06 bits per heavy atom. The summed E-state index contributed by atoms with van der Waals surface area (Å²) in [4.78, 5) is 25.8. The highest BCUT2D eigenvalue weighted by Crippen LogP contribution is 2.43. The minimum atomic E-state index is -0.207. The molecule has 3 heterocycles. The second-order valence-corrected chi connectivity index (χ2v) is 7.03. The lowest BCUT2D eigenvalue weighted by Gasteiger charge is -2.19. The molecule has 0 bridgehead atoms. The van der Waals surface area contributed by atoms with Gasteiger partial charge in [-0.05, 0) is 42.7 Å². The Balaban J connectivity index is 0.00000112. The number of hydrogen-bond donors (Lipinski definition) is 0. The molecule has 0 saturated heterocycles. The lowest BCUT2D eigenvalue weighted by molar-refractivity contribution is 0.112. The fourth-order valence-electron chi connectivity index (χ4n) is 4.34. The average Bonchev–Trinajstić information content (AvgIpc) is 3.19. The third kappa shape index (κ3) is 3.12. The Bertz CT molecular complexity index is 1230. The Hall–Kier alpha value is -3.48. The van der Waals surface area contributed by atoms with Crippen molar-refractivity contribution < 1.29 is 23.7 Å². The van der Waals surface area contributed by atoms with Crippen LogP contribution in [0, 0.1) is 0 Å². The van der Waals surface area contributed by atoms with E-state index in [0.717, 1.165) is 30.3 Å². The van der Waals surface area contributed by atoms with Gasteiger partial charge >= 0.3 is 0 Å². The third-order valence-corrected chi connectivity index (χ3v) is 5.62. The van der Waals surface area contributed by atoms with Gasteiger partial charge in [0.05, 0.1) is 25.3 Å². The maximum absolute atomic E-state index is 13.5.